The first-order valence-corrected chi connectivity index (χ1v) is 8.80. The molecule has 0 aliphatic heterocycles. The highest BCUT2D eigenvalue weighted by Gasteiger charge is 2.22. The van der Waals surface area contributed by atoms with Gasteiger partial charge < -0.3 is 14.3 Å². The number of esters is 1. The number of phenolic OH excluding ortho intramolecular Hbond substituents is 1. The summed E-state index contributed by atoms with van der Waals surface area (Å²) in [5, 5.41) is 14.6. The van der Waals surface area contributed by atoms with Crippen LogP contribution in [-0.4, -0.2) is 20.9 Å². The Kier molecular flexibility index (Phi) is 5.23. The monoisotopic (exact) mass is 390 g/mol. The van der Waals surface area contributed by atoms with Crippen LogP contribution in [0, 0.1) is 12.8 Å². The normalized spacial score (nSPS) is 11.3. The van der Waals surface area contributed by atoms with Crippen LogP contribution in [0.25, 0.3) is 11.0 Å². The number of halogens is 1. The van der Waals surface area contributed by atoms with Gasteiger partial charge in [-0.25, -0.2) is 9.59 Å². The fourth-order valence-corrected chi connectivity index (χ4v) is 3.13. The molecule has 0 spiro atoms. The fraction of sp³-hybridized carbons (Fsp3) is 0.316. The van der Waals surface area contributed by atoms with Crippen molar-refractivity contribution in [3.63, 3.8) is 0 Å². The second kappa shape index (κ2) is 7.44. The molecule has 1 aromatic carbocycles. The van der Waals surface area contributed by atoms with Crippen molar-refractivity contribution < 1.29 is 19.1 Å². The van der Waals surface area contributed by atoms with Gasteiger partial charge in [-0.05, 0) is 25.0 Å². The van der Waals surface area contributed by atoms with E-state index in [9.17, 15) is 14.7 Å². The van der Waals surface area contributed by atoms with Crippen LogP contribution >= 0.6 is 11.6 Å². The Bertz CT molecular complexity index is 1070. The third-order valence-electron chi connectivity index (χ3n) is 3.98. The third-order valence-corrected chi connectivity index (χ3v) is 4.36. The van der Waals surface area contributed by atoms with E-state index in [0.29, 0.717) is 29.1 Å². The molecule has 2 aromatic heterocycles. The zero-order chi connectivity index (χ0) is 19.7. The molecule has 27 heavy (non-hydrogen) atoms. The Labute approximate surface area is 160 Å². The van der Waals surface area contributed by atoms with E-state index < -0.39 is 11.6 Å². The fourth-order valence-electron chi connectivity index (χ4n) is 2.81. The number of phenols is 1. The van der Waals surface area contributed by atoms with Gasteiger partial charge in [-0.15, -0.1) is 0 Å². The largest absolute Gasteiger partial charge is 0.508 e. The van der Waals surface area contributed by atoms with Gasteiger partial charge in [0.15, 0.2) is 0 Å². The summed E-state index contributed by atoms with van der Waals surface area (Å²) < 4.78 is 12.0. The first-order valence-electron chi connectivity index (χ1n) is 8.42. The summed E-state index contributed by atoms with van der Waals surface area (Å²) in [7, 11) is 0. The molecule has 0 saturated carbocycles. The quantitative estimate of drug-likeness (QED) is 0.527. The van der Waals surface area contributed by atoms with E-state index in [1.807, 2.05) is 13.8 Å². The third kappa shape index (κ3) is 3.98. The highest BCUT2D eigenvalue weighted by Crippen LogP contribution is 2.25. The number of hydrogen-bond donors (Lipinski definition) is 1. The summed E-state index contributed by atoms with van der Waals surface area (Å²) >= 11 is 6.29. The number of fused-ring (bicyclic) bond motifs is 1. The minimum absolute atomic E-state index is 0.0280. The molecule has 0 atom stereocenters. The average molecular weight is 391 g/mol. The number of nitrogens with zero attached hydrogens (tertiary/aromatic N) is 2. The van der Waals surface area contributed by atoms with Crippen molar-refractivity contribution in [1.82, 2.24) is 9.78 Å². The van der Waals surface area contributed by atoms with Crippen LogP contribution in [0.3, 0.4) is 0 Å². The van der Waals surface area contributed by atoms with Crippen molar-refractivity contribution in [2.75, 3.05) is 0 Å². The number of carbonyl (C=O) groups is 1. The van der Waals surface area contributed by atoms with Crippen molar-refractivity contribution in [2.45, 2.75) is 33.9 Å². The molecule has 0 aliphatic rings. The number of hydrogen-bond acceptors (Lipinski definition) is 6. The molecular weight excluding hydrogens is 372 g/mol. The van der Waals surface area contributed by atoms with Crippen molar-refractivity contribution >= 4 is 28.5 Å². The summed E-state index contributed by atoms with van der Waals surface area (Å²) in [5.41, 5.74) is 0.777. The second-order valence-electron chi connectivity index (χ2n) is 6.67. The average Bonchev–Trinajstić information content (AvgIpc) is 2.84. The molecule has 0 fully saturated rings. The molecule has 7 nitrogen and oxygen atoms in total. The van der Waals surface area contributed by atoms with E-state index in [2.05, 4.69) is 5.10 Å². The highest BCUT2D eigenvalue weighted by atomic mass is 35.5. The summed E-state index contributed by atoms with van der Waals surface area (Å²) in [6.45, 7) is 6.18. The van der Waals surface area contributed by atoms with E-state index in [1.54, 1.807) is 17.7 Å². The van der Waals surface area contributed by atoms with Crippen LogP contribution in [0.5, 0.6) is 5.75 Å². The van der Waals surface area contributed by atoms with Gasteiger partial charge in [-0.1, -0.05) is 25.4 Å². The predicted octanol–water partition coefficient (Wildman–Crippen LogP) is 3.67. The number of aryl methyl sites for hydroxylation is 1. The number of carbonyl (C=O) groups excluding carboxylic acids is 1. The number of rotatable bonds is 5. The first-order chi connectivity index (χ1) is 12.8. The maximum atomic E-state index is 12.5. The Morgan fingerprint density at radius 3 is 2.81 bits per heavy atom. The minimum Gasteiger partial charge on any atom is -0.508 e. The standard InChI is InChI=1S/C19H19ClN2O5/c1-10(2)8-22-18(20)17(11(3)21-22)19(25)26-9-12-6-16(24)27-15-7-13(23)4-5-14(12)15/h4-7,10,23H,8-9H2,1-3H3. The lowest BCUT2D eigenvalue weighted by atomic mass is 10.1. The van der Waals surface area contributed by atoms with Crippen LogP contribution in [0.4, 0.5) is 0 Å². The van der Waals surface area contributed by atoms with Crippen molar-refractivity contribution in [3.8, 4) is 5.75 Å². The molecule has 0 unspecified atom stereocenters. The minimum atomic E-state index is -0.618. The van der Waals surface area contributed by atoms with Crippen molar-refractivity contribution in [1.29, 1.82) is 0 Å². The maximum Gasteiger partial charge on any atom is 0.343 e. The highest BCUT2D eigenvalue weighted by molar-refractivity contribution is 6.32. The predicted molar refractivity (Wildman–Crippen MR) is 100 cm³/mol. The van der Waals surface area contributed by atoms with E-state index in [-0.39, 0.29) is 28.7 Å². The van der Waals surface area contributed by atoms with E-state index in [4.69, 9.17) is 20.8 Å². The van der Waals surface area contributed by atoms with Gasteiger partial charge in [-0.2, -0.15) is 5.10 Å². The molecule has 3 aromatic rings. The molecule has 0 saturated heterocycles. The van der Waals surface area contributed by atoms with Crippen LogP contribution in [-0.2, 0) is 17.9 Å². The Hall–Kier alpha value is -2.80. The van der Waals surface area contributed by atoms with Gasteiger partial charge in [0.2, 0.25) is 0 Å². The Morgan fingerprint density at radius 1 is 1.37 bits per heavy atom. The number of aromatic nitrogens is 2. The summed E-state index contributed by atoms with van der Waals surface area (Å²) in [4.78, 5) is 24.3. The van der Waals surface area contributed by atoms with E-state index in [1.165, 1.54) is 18.2 Å². The van der Waals surface area contributed by atoms with Crippen molar-refractivity contribution in [2.24, 2.45) is 5.92 Å². The lowest BCUT2D eigenvalue weighted by molar-refractivity contribution is 0.0473. The zero-order valence-electron chi connectivity index (χ0n) is 15.2. The van der Waals surface area contributed by atoms with E-state index in [0.717, 1.165) is 0 Å². The molecular formula is C19H19ClN2O5. The number of benzene rings is 1. The Morgan fingerprint density at radius 2 is 2.11 bits per heavy atom. The molecule has 8 heteroatoms. The van der Waals surface area contributed by atoms with Crippen LogP contribution in [0.1, 0.15) is 35.5 Å². The first kappa shape index (κ1) is 19.0. The molecule has 0 amide bonds. The zero-order valence-corrected chi connectivity index (χ0v) is 15.9. The van der Waals surface area contributed by atoms with Crippen LogP contribution in [0.2, 0.25) is 5.15 Å². The van der Waals surface area contributed by atoms with Gasteiger partial charge in [-0.3, -0.25) is 4.68 Å². The van der Waals surface area contributed by atoms with E-state index >= 15 is 0 Å². The molecule has 142 valence electrons. The molecule has 2 heterocycles. The van der Waals surface area contributed by atoms with Gasteiger partial charge in [0.25, 0.3) is 0 Å². The number of ether oxygens (including phenoxy) is 1. The summed E-state index contributed by atoms with van der Waals surface area (Å²) in [6, 6.07) is 5.64. The topological polar surface area (TPSA) is 94.6 Å². The lowest BCUT2D eigenvalue weighted by Crippen LogP contribution is -2.10. The van der Waals surface area contributed by atoms with Gasteiger partial charge in [0, 0.05) is 29.6 Å². The molecule has 0 bridgehead atoms. The SMILES string of the molecule is Cc1nn(CC(C)C)c(Cl)c1C(=O)OCc1cc(=O)oc2cc(O)ccc12. The van der Waals surface area contributed by atoms with Gasteiger partial charge in [0.1, 0.15) is 28.7 Å². The van der Waals surface area contributed by atoms with Crippen LogP contribution < -0.4 is 5.63 Å². The summed E-state index contributed by atoms with van der Waals surface area (Å²) in [5.74, 6) is -0.329. The second-order valence-corrected chi connectivity index (χ2v) is 7.03. The number of aromatic hydroxyl groups is 1. The molecule has 0 radical (unpaired) electrons. The van der Waals surface area contributed by atoms with Gasteiger partial charge in [0.05, 0.1) is 5.69 Å². The molecule has 0 aliphatic carbocycles. The van der Waals surface area contributed by atoms with Gasteiger partial charge >= 0.3 is 11.6 Å². The molecule has 1 N–H and O–H groups in total. The maximum absolute atomic E-state index is 12.5. The summed E-state index contributed by atoms with van der Waals surface area (Å²) in [6.07, 6.45) is 0. The van der Waals surface area contributed by atoms with Crippen LogP contribution in [0.15, 0.2) is 33.5 Å². The van der Waals surface area contributed by atoms with Crippen molar-refractivity contribution in [3.05, 3.63) is 56.7 Å². The smallest absolute Gasteiger partial charge is 0.343 e. The Balaban J connectivity index is 1.86. The lowest BCUT2D eigenvalue weighted by Gasteiger charge is -2.08. The molecule has 3 rings (SSSR count).